The molecule has 2 N–H and O–H groups in total. The summed E-state index contributed by atoms with van der Waals surface area (Å²) in [6.45, 7) is 4.70. The van der Waals surface area contributed by atoms with Crippen molar-refractivity contribution in [2.45, 2.75) is 206 Å². The molecule has 288 valence electrons. The fraction of sp³-hybridized carbons (Fsp3) is 0.974. The molecule has 0 spiro atoms. The second kappa shape index (κ2) is 32.4. The highest BCUT2D eigenvalue weighted by Gasteiger charge is 2.24. The van der Waals surface area contributed by atoms with Crippen LogP contribution in [0.5, 0.6) is 0 Å². The van der Waals surface area contributed by atoms with E-state index < -0.39 is 20.0 Å². The van der Waals surface area contributed by atoms with Gasteiger partial charge < -0.3 is 28.8 Å². The first-order valence-electron chi connectivity index (χ1n) is 20.4. The molecule has 0 aromatic heterocycles. The Labute approximate surface area is 298 Å². The Hall–Kier alpha value is -0.500. The molecular weight excluding hydrogens is 623 g/mol. The zero-order valence-electron chi connectivity index (χ0n) is 32.5. The van der Waals surface area contributed by atoms with Crippen LogP contribution in [0.2, 0.25) is 0 Å². The van der Waals surface area contributed by atoms with Crippen LogP contribution in [0.3, 0.4) is 0 Å². The molecule has 3 atom stereocenters. The van der Waals surface area contributed by atoms with Crippen molar-refractivity contribution >= 4 is 13.7 Å². The van der Waals surface area contributed by atoms with Crippen molar-refractivity contribution in [2.24, 2.45) is 0 Å². The Bertz CT molecular complexity index is 763. The third-order valence-corrected chi connectivity index (χ3v) is 10.3. The first-order chi connectivity index (χ1) is 23.0. The predicted molar refractivity (Wildman–Crippen MR) is 201 cm³/mol. The van der Waals surface area contributed by atoms with E-state index in [1.807, 2.05) is 21.1 Å². The molecule has 8 nitrogen and oxygen atoms in total. The summed E-state index contributed by atoms with van der Waals surface area (Å²) < 4.78 is 23.2. The highest BCUT2D eigenvalue weighted by atomic mass is 31.2. The topological polar surface area (TPSA) is 108 Å². The standard InChI is InChI=1S/C39H81N2O6P/c1-6-8-10-12-14-16-17-18-19-20-21-22-23-25-26-28-30-32-38(42)37(36-47-48(44,45)46-35-34-41(3,4)5)40-39(43)33-31-29-27-24-15-13-11-9-7-2/h37-38,42H,6-36H2,1-5H3,(H-,40,43,44,45). The van der Waals surface area contributed by atoms with Crippen LogP contribution in [0.1, 0.15) is 194 Å². The highest BCUT2D eigenvalue weighted by molar-refractivity contribution is 7.45. The van der Waals surface area contributed by atoms with E-state index in [0.29, 0.717) is 23.9 Å². The summed E-state index contributed by atoms with van der Waals surface area (Å²) in [7, 11) is 1.31. The number of nitrogens with zero attached hydrogens (tertiary/aromatic N) is 1. The molecule has 0 aliphatic heterocycles. The number of aliphatic hydroxyl groups excluding tert-OH is 1. The van der Waals surface area contributed by atoms with Crippen molar-refractivity contribution in [3.05, 3.63) is 0 Å². The summed E-state index contributed by atoms with van der Waals surface area (Å²) in [5.74, 6) is -0.167. The maximum absolute atomic E-state index is 12.7. The van der Waals surface area contributed by atoms with Gasteiger partial charge in [-0.25, -0.2) is 0 Å². The largest absolute Gasteiger partial charge is 0.756 e. The van der Waals surface area contributed by atoms with Gasteiger partial charge in [0.2, 0.25) is 5.91 Å². The van der Waals surface area contributed by atoms with Gasteiger partial charge in [0.05, 0.1) is 39.9 Å². The second-order valence-corrected chi connectivity index (χ2v) is 16.8. The minimum absolute atomic E-state index is 0.0156. The number of phosphoric acid groups is 1. The zero-order chi connectivity index (χ0) is 35.8. The maximum atomic E-state index is 12.7. The average Bonchev–Trinajstić information content (AvgIpc) is 3.02. The van der Waals surface area contributed by atoms with E-state index in [1.165, 1.54) is 128 Å². The molecule has 48 heavy (non-hydrogen) atoms. The van der Waals surface area contributed by atoms with E-state index in [-0.39, 0.29) is 19.1 Å². The fourth-order valence-electron chi connectivity index (χ4n) is 6.04. The van der Waals surface area contributed by atoms with E-state index >= 15 is 0 Å². The molecule has 0 bridgehead atoms. The van der Waals surface area contributed by atoms with Gasteiger partial charge in [-0.3, -0.25) is 9.36 Å². The van der Waals surface area contributed by atoms with Crippen LogP contribution in [0, 0.1) is 0 Å². The fourth-order valence-corrected chi connectivity index (χ4v) is 6.76. The summed E-state index contributed by atoms with van der Waals surface area (Å²) >= 11 is 0. The van der Waals surface area contributed by atoms with E-state index in [2.05, 4.69) is 19.2 Å². The van der Waals surface area contributed by atoms with Crippen LogP contribution in [0.25, 0.3) is 0 Å². The number of nitrogens with one attached hydrogen (secondary N) is 1. The number of unbranched alkanes of at least 4 members (excludes halogenated alkanes) is 24. The average molecular weight is 705 g/mol. The van der Waals surface area contributed by atoms with E-state index in [9.17, 15) is 19.4 Å². The molecule has 0 rings (SSSR count). The predicted octanol–water partition coefficient (Wildman–Crippen LogP) is 10.0. The Morgan fingerprint density at radius 1 is 0.646 bits per heavy atom. The Morgan fingerprint density at radius 3 is 1.42 bits per heavy atom. The molecule has 1 amide bonds. The number of carbonyl (C=O) groups is 1. The molecule has 0 aromatic rings. The quantitative estimate of drug-likeness (QED) is 0.0379. The lowest BCUT2D eigenvalue weighted by Crippen LogP contribution is -2.46. The molecule has 0 saturated carbocycles. The lowest BCUT2D eigenvalue weighted by Gasteiger charge is -2.30. The van der Waals surface area contributed by atoms with Gasteiger partial charge in [-0.05, 0) is 12.8 Å². The normalized spacial score (nSPS) is 14.6. The highest BCUT2D eigenvalue weighted by Crippen LogP contribution is 2.38. The second-order valence-electron chi connectivity index (χ2n) is 15.4. The van der Waals surface area contributed by atoms with Crippen LogP contribution in [-0.4, -0.2) is 68.5 Å². The van der Waals surface area contributed by atoms with Crippen molar-refractivity contribution in [2.75, 3.05) is 40.9 Å². The third-order valence-electron chi connectivity index (χ3n) is 9.35. The summed E-state index contributed by atoms with van der Waals surface area (Å²) in [4.78, 5) is 25.1. The lowest BCUT2D eigenvalue weighted by molar-refractivity contribution is -0.870. The van der Waals surface area contributed by atoms with Crippen LogP contribution in [0.4, 0.5) is 0 Å². The zero-order valence-corrected chi connectivity index (χ0v) is 33.4. The molecular formula is C39H81N2O6P. The number of hydrogen-bond donors (Lipinski definition) is 2. The van der Waals surface area contributed by atoms with Crippen LogP contribution in [-0.2, 0) is 18.4 Å². The Balaban J connectivity index is 4.34. The molecule has 0 aliphatic carbocycles. The van der Waals surface area contributed by atoms with Crippen molar-refractivity contribution in [3.63, 3.8) is 0 Å². The van der Waals surface area contributed by atoms with Gasteiger partial charge in [0.15, 0.2) is 0 Å². The molecule has 0 aliphatic rings. The number of likely N-dealkylation sites (N-methyl/N-ethyl adjacent to an activating group) is 1. The molecule has 0 radical (unpaired) electrons. The Morgan fingerprint density at radius 2 is 1.02 bits per heavy atom. The van der Waals surface area contributed by atoms with Gasteiger partial charge in [-0.1, -0.05) is 174 Å². The van der Waals surface area contributed by atoms with Gasteiger partial charge in [-0.15, -0.1) is 0 Å². The van der Waals surface area contributed by atoms with Gasteiger partial charge in [0.1, 0.15) is 13.2 Å². The van der Waals surface area contributed by atoms with Gasteiger partial charge in [-0.2, -0.15) is 0 Å². The van der Waals surface area contributed by atoms with Crippen LogP contribution >= 0.6 is 7.82 Å². The third kappa shape index (κ3) is 34.0. The summed E-state index contributed by atoms with van der Waals surface area (Å²) in [6.07, 6.45) is 32.5. The lowest BCUT2D eigenvalue weighted by atomic mass is 10.0. The number of rotatable bonds is 37. The minimum Gasteiger partial charge on any atom is -0.756 e. The van der Waals surface area contributed by atoms with Crippen LogP contribution < -0.4 is 10.2 Å². The molecule has 9 heteroatoms. The van der Waals surface area contributed by atoms with Crippen molar-refractivity contribution in [3.8, 4) is 0 Å². The number of aliphatic hydroxyl groups is 1. The molecule has 0 fully saturated rings. The number of quaternary nitrogens is 1. The molecule has 0 heterocycles. The van der Waals surface area contributed by atoms with Gasteiger partial charge >= 0.3 is 0 Å². The number of carbonyl (C=O) groups excluding carboxylic acids is 1. The first-order valence-corrected chi connectivity index (χ1v) is 21.8. The molecule has 0 aromatic carbocycles. The summed E-state index contributed by atoms with van der Waals surface area (Å²) in [5, 5.41) is 13.8. The minimum atomic E-state index is -4.55. The van der Waals surface area contributed by atoms with Gasteiger partial charge in [0.25, 0.3) is 7.82 Å². The van der Waals surface area contributed by atoms with E-state index in [0.717, 1.165) is 38.5 Å². The van der Waals surface area contributed by atoms with Crippen molar-refractivity contribution in [1.29, 1.82) is 0 Å². The first kappa shape index (κ1) is 47.5. The number of amides is 1. The maximum Gasteiger partial charge on any atom is 0.268 e. The summed E-state index contributed by atoms with van der Waals surface area (Å²) in [6, 6.07) is -0.790. The monoisotopic (exact) mass is 705 g/mol. The van der Waals surface area contributed by atoms with Crippen molar-refractivity contribution in [1.82, 2.24) is 5.32 Å². The van der Waals surface area contributed by atoms with Crippen molar-refractivity contribution < 1.29 is 32.9 Å². The van der Waals surface area contributed by atoms with Gasteiger partial charge in [0, 0.05) is 6.42 Å². The SMILES string of the molecule is CCCCCCCCCCCCCCCCCCCC(O)C(COP(=O)([O-])OCC[N+](C)(C)C)NC(=O)CCCCCCCCCCC. The number of hydrogen-bond acceptors (Lipinski definition) is 6. The smallest absolute Gasteiger partial charge is 0.268 e. The summed E-state index contributed by atoms with van der Waals surface area (Å²) in [5.41, 5.74) is 0. The molecule has 0 saturated heterocycles. The van der Waals surface area contributed by atoms with E-state index in [4.69, 9.17) is 9.05 Å². The Kier molecular flexibility index (Phi) is 32.1. The molecule has 3 unspecified atom stereocenters. The number of phosphoric ester groups is 1. The van der Waals surface area contributed by atoms with Crippen LogP contribution in [0.15, 0.2) is 0 Å². The van der Waals surface area contributed by atoms with E-state index in [1.54, 1.807) is 0 Å².